The number of oxime groups is 1. The van der Waals surface area contributed by atoms with Crippen LogP contribution >= 0.6 is 11.8 Å². The zero-order chi connectivity index (χ0) is 13.7. The van der Waals surface area contributed by atoms with Gasteiger partial charge in [0.15, 0.2) is 5.84 Å². The van der Waals surface area contributed by atoms with Gasteiger partial charge < -0.3 is 15.8 Å². The summed E-state index contributed by atoms with van der Waals surface area (Å²) in [5, 5.41) is 12.1. The SMILES string of the molecule is CSc1cccc(N(C)CC(C)C)c1/C(N)=N/O. The molecule has 0 heterocycles. The van der Waals surface area contributed by atoms with E-state index in [0.717, 1.165) is 22.7 Å². The third-order valence-electron chi connectivity index (χ3n) is 2.64. The van der Waals surface area contributed by atoms with E-state index >= 15 is 0 Å². The van der Waals surface area contributed by atoms with Gasteiger partial charge in [-0.2, -0.15) is 0 Å². The summed E-state index contributed by atoms with van der Waals surface area (Å²) in [6.07, 6.45) is 1.98. The molecule has 0 bridgehead atoms. The molecule has 0 unspecified atom stereocenters. The van der Waals surface area contributed by atoms with E-state index in [9.17, 15) is 0 Å². The molecule has 0 atom stereocenters. The monoisotopic (exact) mass is 267 g/mol. The first-order chi connectivity index (χ1) is 8.51. The highest BCUT2D eigenvalue weighted by Crippen LogP contribution is 2.29. The number of benzene rings is 1. The van der Waals surface area contributed by atoms with Crippen molar-refractivity contribution in [3.63, 3.8) is 0 Å². The lowest BCUT2D eigenvalue weighted by Gasteiger charge is -2.25. The fourth-order valence-electron chi connectivity index (χ4n) is 1.96. The lowest BCUT2D eigenvalue weighted by molar-refractivity contribution is 0.318. The third-order valence-corrected chi connectivity index (χ3v) is 3.42. The minimum atomic E-state index is 0.158. The number of rotatable bonds is 5. The minimum absolute atomic E-state index is 0.158. The fourth-order valence-corrected chi connectivity index (χ4v) is 2.59. The van der Waals surface area contributed by atoms with E-state index in [2.05, 4.69) is 23.9 Å². The topological polar surface area (TPSA) is 61.8 Å². The maximum Gasteiger partial charge on any atom is 0.173 e. The second-order valence-corrected chi connectivity index (χ2v) is 5.46. The van der Waals surface area contributed by atoms with Crippen LogP contribution in [0, 0.1) is 5.92 Å². The molecule has 5 heteroatoms. The molecule has 0 saturated heterocycles. The number of thioether (sulfide) groups is 1. The second-order valence-electron chi connectivity index (χ2n) is 4.61. The molecule has 0 aliphatic heterocycles. The molecule has 0 amide bonds. The van der Waals surface area contributed by atoms with E-state index in [4.69, 9.17) is 10.9 Å². The van der Waals surface area contributed by atoms with Gasteiger partial charge in [-0.25, -0.2) is 0 Å². The van der Waals surface area contributed by atoms with Crippen molar-refractivity contribution in [1.29, 1.82) is 0 Å². The summed E-state index contributed by atoms with van der Waals surface area (Å²) in [7, 11) is 2.02. The first-order valence-electron chi connectivity index (χ1n) is 5.87. The average Bonchev–Trinajstić information content (AvgIpc) is 2.35. The largest absolute Gasteiger partial charge is 0.409 e. The van der Waals surface area contributed by atoms with Crippen LogP contribution in [0.1, 0.15) is 19.4 Å². The van der Waals surface area contributed by atoms with Crippen molar-refractivity contribution in [1.82, 2.24) is 0 Å². The Balaban J connectivity index is 3.26. The van der Waals surface area contributed by atoms with Gasteiger partial charge in [-0.05, 0) is 24.3 Å². The zero-order valence-electron chi connectivity index (χ0n) is 11.3. The molecule has 1 aromatic rings. The molecule has 18 heavy (non-hydrogen) atoms. The van der Waals surface area contributed by atoms with Crippen molar-refractivity contribution >= 4 is 23.3 Å². The average molecular weight is 267 g/mol. The Kier molecular flexibility index (Phi) is 5.34. The molecule has 0 saturated carbocycles. The number of hydrogen-bond donors (Lipinski definition) is 2. The molecule has 1 aromatic carbocycles. The summed E-state index contributed by atoms with van der Waals surface area (Å²) >= 11 is 1.59. The van der Waals surface area contributed by atoms with E-state index in [0.29, 0.717) is 5.92 Å². The number of nitrogens with zero attached hydrogens (tertiary/aromatic N) is 2. The van der Waals surface area contributed by atoms with Gasteiger partial charge >= 0.3 is 0 Å². The van der Waals surface area contributed by atoms with Crippen molar-refractivity contribution in [3.05, 3.63) is 23.8 Å². The predicted octanol–water partition coefficient (Wildman–Crippen LogP) is 2.60. The Morgan fingerprint density at radius 1 is 1.50 bits per heavy atom. The van der Waals surface area contributed by atoms with E-state index in [1.54, 1.807) is 11.8 Å². The smallest absolute Gasteiger partial charge is 0.173 e. The van der Waals surface area contributed by atoms with Crippen molar-refractivity contribution in [2.75, 3.05) is 24.7 Å². The summed E-state index contributed by atoms with van der Waals surface area (Å²) in [5.41, 5.74) is 7.59. The summed E-state index contributed by atoms with van der Waals surface area (Å²) in [5.74, 6) is 0.707. The van der Waals surface area contributed by atoms with Crippen molar-refractivity contribution in [2.24, 2.45) is 16.8 Å². The van der Waals surface area contributed by atoms with Crippen LogP contribution in [-0.2, 0) is 0 Å². The normalized spacial score (nSPS) is 11.9. The Bertz CT molecular complexity index is 432. The van der Waals surface area contributed by atoms with Gasteiger partial charge in [-0.15, -0.1) is 11.8 Å². The number of hydrogen-bond acceptors (Lipinski definition) is 4. The van der Waals surface area contributed by atoms with Crippen LogP contribution in [0.15, 0.2) is 28.3 Å². The Hall–Kier alpha value is -1.36. The van der Waals surface area contributed by atoms with Gasteiger partial charge in [0.25, 0.3) is 0 Å². The molecule has 4 nitrogen and oxygen atoms in total. The highest BCUT2D eigenvalue weighted by atomic mass is 32.2. The van der Waals surface area contributed by atoms with E-state index in [1.807, 2.05) is 31.5 Å². The molecular formula is C13H21N3OS. The van der Waals surface area contributed by atoms with Crippen molar-refractivity contribution < 1.29 is 5.21 Å². The van der Waals surface area contributed by atoms with Crippen LogP contribution in [0.4, 0.5) is 5.69 Å². The molecule has 0 aromatic heterocycles. The van der Waals surface area contributed by atoms with Gasteiger partial charge in [-0.1, -0.05) is 25.1 Å². The summed E-state index contributed by atoms with van der Waals surface area (Å²) in [4.78, 5) is 3.15. The second kappa shape index (κ2) is 6.54. The molecule has 0 aliphatic rings. The molecule has 100 valence electrons. The zero-order valence-corrected chi connectivity index (χ0v) is 12.2. The standard InChI is InChI=1S/C13H21N3OS/c1-9(2)8-16(3)10-6-5-7-11(18-4)12(10)13(14)15-17/h5-7,9,17H,8H2,1-4H3,(H2,14,15). The number of nitrogens with two attached hydrogens (primary N) is 1. The molecule has 0 radical (unpaired) electrons. The van der Waals surface area contributed by atoms with Crippen molar-refractivity contribution in [2.45, 2.75) is 18.7 Å². The van der Waals surface area contributed by atoms with E-state index in [1.165, 1.54) is 0 Å². The lowest BCUT2D eigenvalue weighted by Crippen LogP contribution is -2.26. The van der Waals surface area contributed by atoms with Crippen LogP contribution in [0.25, 0.3) is 0 Å². The van der Waals surface area contributed by atoms with Crippen LogP contribution in [0.3, 0.4) is 0 Å². The molecule has 0 spiro atoms. The lowest BCUT2D eigenvalue weighted by atomic mass is 10.1. The van der Waals surface area contributed by atoms with Gasteiger partial charge in [0.2, 0.25) is 0 Å². The van der Waals surface area contributed by atoms with Crippen LogP contribution in [-0.4, -0.2) is 30.9 Å². The Morgan fingerprint density at radius 3 is 2.67 bits per heavy atom. The van der Waals surface area contributed by atoms with Crippen LogP contribution in [0.2, 0.25) is 0 Å². The highest BCUT2D eigenvalue weighted by Gasteiger charge is 2.15. The fraction of sp³-hybridized carbons (Fsp3) is 0.462. The molecular weight excluding hydrogens is 246 g/mol. The summed E-state index contributed by atoms with van der Waals surface area (Å²) < 4.78 is 0. The van der Waals surface area contributed by atoms with Gasteiger partial charge in [0, 0.05) is 24.2 Å². The number of amidine groups is 1. The summed E-state index contributed by atoms with van der Waals surface area (Å²) in [6.45, 7) is 5.25. The van der Waals surface area contributed by atoms with Gasteiger partial charge in [0.1, 0.15) is 0 Å². The maximum atomic E-state index is 8.93. The molecule has 0 fully saturated rings. The summed E-state index contributed by atoms with van der Waals surface area (Å²) in [6, 6.07) is 5.96. The Labute approximate surface area is 113 Å². The first kappa shape index (κ1) is 14.7. The van der Waals surface area contributed by atoms with Gasteiger partial charge in [0.05, 0.1) is 5.56 Å². The predicted molar refractivity (Wildman–Crippen MR) is 78.8 cm³/mol. The Morgan fingerprint density at radius 2 is 2.17 bits per heavy atom. The number of anilines is 1. The highest BCUT2D eigenvalue weighted by molar-refractivity contribution is 7.98. The van der Waals surface area contributed by atoms with Crippen LogP contribution in [0.5, 0.6) is 0 Å². The quantitative estimate of drug-likeness (QED) is 0.283. The van der Waals surface area contributed by atoms with Gasteiger partial charge in [-0.3, -0.25) is 0 Å². The van der Waals surface area contributed by atoms with Crippen molar-refractivity contribution in [3.8, 4) is 0 Å². The molecule has 3 N–H and O–H groups in total. The molecule has 0 aliphatic carbocycles. The third kappa shape index (κ3) is 3.32. The van der Waals surface area contributed by atoms with E-state index in [-0.39, 0.29) is 5.84 Å². The first-order valence-corrected chi connectivity index (χ1v) is 7.09. The maximum absolute atomic E-state index is 8.93. The minimum Gasteiger partial charge on any atom is -0.409 e. The molecule has 1 rings (SSSR count). The van der Waals surface area contributed by atoms with Crippen LogP contribution < -0.4 is 10.6 Å². The van der Waals surface area contributed by atoms with E-state index < -0.39 is 0 Å².